The first-order chi connectivity index (χ1) is 16.8. The van der Waals surface area contributed by atoms with E-state index in [0.29, 0.717) is 28.6 Å². The number of carboxylic acid groups (broad SMARTS) is 1. The molecule has 2 atom stereocenters. The zero-order valence-electron chi connectivity index (χ0n) is 22.0. The maximum absolute atomic E-state index is 10.7. The second-order valence-electron chi connectivity index (χ2n) is 10.6. The van der Waals surface area contributed by atoms with Gasteiger partial charge in [-0.2, -0.15) is 0 Å². The van der Waals surface area contributed by atoms with Gasteiger partial charge in [0.2, 0.25) is 0 Å². The van der Waals surface area contributed by atoms with Crippen molar-refractivity contribution in [2.75, 3.05) is 6.61 Å². The molecule has 0 aliphatic heterocycles. The van der Waals surface area contributed by atoms with Gasteiger partial charge in [0.1, 0.15) is 12.4 Å². The van der Waals surface area contributed by atoms with Crippen LogP contribution in [-0.4, -0.2) is 40.1 Å². The Balaban J connectivity index is 2.23. The second-order valence-corrected chi connectivity index (χ2v) is 11.4. The predicted octanol–water partition coefficient (Wildman–Crippen LogP) is 7.04. The van der Waals surface area contributed by atoms with Gasteiger partial charge in [-0.1, -0.05) is 76.0 Å². The Kier molecular flexibility index (Phi) is 11.1. The molecular formula is C29H40Cl2O5. The van der Waals surface area contributed by atoms with Crippen LogP contribution in [0.1, 0.15) is 83.4 Å². The fourth-order valence-electron chi connectivity index (χ4n) is 4.48. The number of hydrogen-bond donors (Lipinski definition) is 3. The molecule has 3 N–H and O–H groups in total. The molecule has 200 valence electrons. The van der Waals surface area contributed by atoms with Crippen LogP contribution in [0.2, 0.25) is 10.0 Å². The van der Waals surface area contributed by atoms with Crippen LogP contribution < -0.4 is 4.74 Å². The molecule has 0 aliphatic rings. The maximum Gasteiger partial charge on any atom is 0.303 e. The number of halogens is 2. The van der Waals surface area contributed by atoms with Crippen molar-refractivity contribution in [3.05, 3.63) is 63.1 Å². The monoisotopic (exact) mass is 538 g/mol. The zero-order valence-corrected chi connectivity index (χ0v) is 23.5. The van der Waals surface area contributed by atoms with Crippen molar-refractivity contribution < 1.29 is 24.9 Å². The van der Waals surface area contributed by atoms with Crippen LogP contribution in [0.3, 0.4) is 0 Å². The molecule has 0 saturated heterocycles. The van der Waals surface area contributed by atoms with Crippen molar-refractivity contribution in [3.63, 3.8) is 0 Å². The van der Waals surface area contributed by atoms with E-state index in [0.717, 1.165) is 29.5 Å². The minimum Gasteiger partial charge on any atom is -0.489 e. The standard InChI is InChI=1S/C29H40Cl2O5/c1-6-29(7-2,20-10-8-19(23(30)16-20)9-14-26(33)28(3,4)5)21-11-13-25(24(31)17-21)36-18-22(32)12-15-27(34)35/h8,10-11,13,16-17,22,26,32-33H,6-7,9,12,14-15,18H2,1-5H3,(H,34,35). The van der Waals surface area contributed by atoms with Crippen molar-refractivity contribution in [3.8, 4) is 5.75 Å². The highest BCUT2D eigenvalue weighted by Gasteiger charge is 2.32. The fraction of sp³-hybridized carbons (Fsp3) is 0.552. The van der Waals surface area contributed by atoms with Crippen LogP contribution in [0.5, 0.6) is 5.75 Å². The first-order valence-electron chi connectivity index (χ1n) is 12.6. The molecule has 2 unspecified atom stereocenters. The smallest absolute Gasteiger partial charge is 0.303 e. The molecule has 0 fully saturated rings. The molecule has 2 rings (SSSR count). The van der Waals surface area contributed by atoms with Crippen molar-refractivity contribution in [1.29, 1.82) is 0 Å². The van der Waals surface area contributed by atoms with Crippen LogP contribution in [0.4, 0.5) is 0 Å². The maximum atomic E-state index is 10.7. The predicted molar refractivity (Wildman–Crippen MR) is 146 cm³/mol. The molecule has 0 amide bonds. The van der Waals surface area contributed by atoms with E-state index in [1.54, 1.807) is 6.07 Å². The lowest BCUT2D eigenvalue weighted by Gasteiger charge is -2.34. The molecule has 36 heavy (non-hydrogen) atoms. The zero-order chi connectivity index (χ0) is 27.1. The van der Waals surface area contributed by atoms with Crippen LogP contribution in [-0.2, 0) is 16.6 Å². The number of rotatable bonds is 13. The number of aliphatic hydroxyl groups excluding tert-OH is 2. The van der Waals surface area contributed by atoms with Gasteiger partial charge in [0.15, 0.2) is 0 Å². The molecule has 2 aromatic carbocycles. The summed E-state index contributed by atoms with van der Waals surface area (Å²) in [6, 6.07) is 11.9. The lowest BCUT2D eigenvalue weighted by Crippen LogP contribution is -2.27. The summed E-state index contributed by atoms with van der Waals surface area (Å²) in [5.74, 6) is -0.510. The average Bonchev–Trinajstić information content (AvgIpc) is 2.82. The number of hydrogen-bond acceptors (Lipinski definition) is 4. The normalized spacial score (nSPS) is 13.9. The Hall–Kier alpha value is -1.79. The molecular weight excluding hydrogens is 499 g/mol. The number of ether oxygens (including phenoxy) is 1. The van der Waals surface area contributed by atoms with Crippen molar-refractivity contribution in [2.24, 2.45) is 5.41 Å². The molecule has 0 aromatic heterocycles. The molecule has 7 heteroatoms. The van der Waals surface area contributed by atoms with E-state index in [1.165, 1.54) is 0 Å². The van der Waals surface area contributed by atoms with Gasteiger partial charge in [-0.3, -0.25) is 4.79 Å². The van der Waals surface area contributed by atoms with E-state index in [1.807, 2.05) is 39.0 Å². The number of carbonyl (C=O) groups is 1. The highest BCUT2D eigenvalue weighted by molar-refractivity contribution is 6.32. The molecule has 0 spiro atoms. The first kappa shape index (κ1) is 30.4. The van der Waals surface area contributed by atoms with Gasteiger partial charge in [0, 0.05) is 16.9 Å². The van der Waals surface area contributed by atoms with Gasteiger partial charge < -0.3 is 20.1 Å². The largest absolute Gasteiger partial charge is 0.489 e. The topological polar surface area (TPSA) is 87.0 Å². The van der Waals surface area contributed by atoms with Gasteiger partial charge in [-0.15, -0.1) is 0 Å². The molecule has 0 saturated carbocycles. The summed E-state index contributed by atoms with van der Waals surface area (Å²) in [4.78, 5) is 10.7. The van der Waals surface area contributed by atoms with Gasteiger partial charge in [-0.05, 0) is 72.4 Å². The van der Waals surface area contributed by atoms with E-state index < -0.39 is 18.2 Å². The van der Waals surface area contributed by atoms with E-state index in [9.17, 15) is 15.0 Å². The highest BCUT2D eigenvalue weighted by atomic mass is 35.5. The third kappa shape index (κ3) is 7.85. The Labute approximate surface area is 225 Å². The van der Waals surface area contributed by atoms with E-state index in [4.69, 9.17) is 33.0 Å². The second kappa shape index (κ2) is 13.1. The van der Waals surface area contributed by atoms with E-state index in [2.05, 4.69) is 26.0 Å². The Morgan fingerprint density at radius 2 is 1.53 bits per heavy atom. The number of aryl methyl sites for hydroxylation is 1. The summed E-state index contributed by atoms with van der Waals surface area (Å²) >= 11 is 13.3. The van der Waals surface area contributed by atoms with Crippen molar-refractivity contribution in [2.45, 2.75) is 90.8 Å². The van der Waals surface area contributed by atoms with Gasteiger partial charge >= 0.3 is 5.97 Å². The Morgan fingerprint density at radius 3 is 2.03 bits per heavy atom. The van der Waals surface area contributed by atoms with Crippen LogP contribution >= 0.6 is 23.2 Å². The van der Waals surface area contributed by atoms with Crippen molar-refractivity contribution in [1.82, 2.24) is 0 Å². The third-order valence-electron chi connectivity index (χ3n) is 7.11. The summed E-state index contributed by atoms with van der Waals surface area (Å²) in [5, 5.41) is 30.3. The van der Waals surface area contributed by atoms with E-state index in [-0.39, 0.29) is 30.3 Å². The summed E-state index contributed by atoms with van der Waals surface area (Å²) in [6.45, 7) is 10.3. The summed E-state index contributed by atoms with van der Waals surface area (Å²) in [6.07, 6.45) is 1.75. The fourth-order valence-corrected chi connectivity index (χ4v) is 4.99. The SMILES string of the molecule is CCC(CC)(c1ccc(CCC(O)C(C)(C)C)c(Cl)c1)c1ccc(OCC(O)CCC(=O)O)c(Cl)c1. The third-order valence-corrected chi connectivity index (χ3v) is 7.75. The molecule has 0 heterocycles. The Morgan fingerprint density at radius 1 is 0.944 bits per heavy atom. The summed E-state index contributed by atoms with van der Waals surface area (Å²) in [5.41, 5.74) is 2.70. The molecule has 0 aliphatic carbocycles. The van der Waals surface area contributed by atoms with Crippen molar-refractivity contribution >= 4 is 29.2 Å². The average molecular weight is 540 g/mol. The van der Waals surface area contributed by atoms with Crippen LogP contribution in [0.15, 0.2) is 36.4 Å². The number of aliphatic hydroxyl groups is 2. The van der Waals surface area contributed by atoms with Crippen LogP contribution in [0.25, 0.3) is 0 Å². The highest BCUT2D eigenvalue weighted by Crippen LogP contribution is 2.42. The summed E-state index contributed by atoms with van der Waals surface area (Å²) < 4.78 is 5.66. The number of aliphatic carboxylic acids is 1. The van der Waals surface area contributed by atoms with Gasteiger partial charge in [0.25, 0.3) is 0 Å². The minimum atomic E-state index is -0.956. The lowest BCUT2D eigenvalue weighted by atomic mass is 9.70. The minimum absolute atomic E-state index is 0.0278. The number of benzene rings is 2. The molecule has 5 nitrogen and oxygen atoms in total. The van der Waals surface area contributed by atoms with Crippen LogP contribution in [0, 0.1) is 5.41 Å². The molecule has 0 bridgehead atoms. The summed E-state index contributed by atoms with van der Waals surface area (Å²) in [7, 11) is 0. The van der Waals surface area contributed by atoms with Gasteiger partial charge in [-0.25, -0.2) is 0 Å². The quantitative estimate of drug-likeness (QED) is 0.254. The van der Waals surface area contributed by atoms with Gasteiger partial charge in [0.05, 0.1) is 17.2 Å². The number of carboxylic acids is 1. The lowest BCUT2D eigenvalue weighted by molar-refractivity contribution is -0.137. The first-order valence-corrected chi connectivity index (χ1v) is 13.4. The molecule has 2 aromatic rings. The molecule has 0 radical (unpaired) electrons. The van der Waals surface area contributed by atoms with E-state index >= 15 is 0 Å². The Bertz CT molecular complexity index is 1010.